The number of aryl methyl sites for hydroxylation is 1. The second kappa shape index (κ2) is 7.20. The molecule has 0 bridgehead atoms. The van der Waals surface area contributed by atoms with E-state index in [0.29, 0.717) is 0 Å². The van der Waals surface area contributed by atoms with Gasteiger partial charge in [-0.25, -0.2) is 0 Å². The highest BCUT2D eigenvalue weighted by molar-refractivity contribution is 5.43. The standard InChI is InChI=1S/C11H19N3O/c1-14-11(6-8-13-14)5-3-4-7-12-9-10-15-2/h3,5-6,8,12H,4,7,9-10H2,1-2H3. The molecule has 0 amide bonds. The van der Waals surface area contributed by atoms with Gasteiger partial charge in [-0.05, 0) is 25.1 Å². The molecule has 1 rings (SSSR count). The van der Waals surface area contributed by atoms with Gasteiger partial charge in [-0.15, -0.1) is 0 Å². The minimum absolute atomic E-state index is 0.769. The Kier molecular flexibility index (Phi) is 5.73. The first kappa shape index (κ1) is 11.9. The first-order valence-corrected chi connectivity index (χ1v) is 5.19. The number of nitrogens with one attached hydrogen (secondary N) is 1. The summed E-state index contributed by atoms with van der Waals surface area (Å²) in [7, 11) is 3.65. The third kappa shape index (κ3) is 4.76. The highest BCUT2D eigenvalue weighted by atomic mass is 16.5. The van der Waals surface area contributed by atoms with Gasteiger partial charge in [0.05, 0.1) is 12.3 Å². The molecule has 15 heavy (non-hydrogen) atoms. The van der Waals surface area contributed by atoms with Crippen LogP contribution in [0.2, 0.25) is 0 Å². The lowest BCUT2D eigenvalue weighted by Crippen LogP contribution is -2.19. The summed E-state index contributed by atoms with van der Waals surface area (Å²) in [4.78, 5) is 0. The normalized spacial score (nSPS) is 11.3. The molecule has 0 radical (unpaired) electrons. The van der Waals surface area contributed by atoms with Crippen molar-refractivity contribution < 1.29 is 4.74 Å². The van der Waals surface area contributed by atoms with Crippen molar-refractivity contribution in [3.63, 3.8) is 0 Å². The van der Waals surface area contributed by atoms with Crippen molar-refractivity contribution in [2.75, 3.05) is 26.8 Å². The summed E-state index contributed by atoms with van der Waals surface area (Å²) in [5, 5.41) is 7.37. The minimum Gasteiger partial charge on any atom is -0.383 e. The quantitative estimate of drug-likeness (QED) is 0.682. The molecule has 0 aliphatic rings. The second-order valence-electron chi connectivity index (χ2n) is 3.31. The zero-order valence-corrected chi connectivity index (χ0v) is 9.44. The number of ether oxygens (including phenoxy) is 1. The van der Waals surface area contributed by atoms with Crippen molar-refractivity contribution in [1.82, 2.24) is 15.1 Å². The Hall–Kier alpha value is -1.13. The summed E-state index contributed by atoms with van der Waals surface area (Å²) in [5.41, 5.74) is 1.13. The smallest absolute Gasteiger partial charge is 0.0603 e. The zero-order valence-electron chi connectivity index (χ0n) is 9.44. The van der Waals surface area contributed by atoms with Gasteiger partial charge < -0.3 is 10.1 Å². The Morgan fingerprint density at radius 1 is 1.53 bits per heavy atom. The third-order valence-electron chi connectivity index (χ3n) is 2.12. The van der Waals surface area contributed by atoms with Crippen LogP contribution in [0.15, 0.2) is 18.3 Å². The fourth-order valence-corrected chi connectivity index (χ4v) is 1.24. The van der Waals surface area contributed by atoms with Crippen LogP contribution < -0.4 is 5.32 Å². The molecule has 0 fully saturated rings. The van der Waals surface area contributed by atoms with Crippen molar-refractivity contribution in [2.24, 2.45) is 7.05 Å². The average molecular weight is 209 g/mol. The van der Waals surface area contributed by atoms with Crippen molar-refractivity contribution >= 4 is 6.08 Å². The van der Waals surface area contributed by atoms with E-state index < -0.39 is 0 Å². The van der Waals surface area contributed by atoms with Gasteiger partial charge in [0.1, 0.15) is 0 Å². The van der Waals surface area contributed by atoms with Crippen LogP contribution in [-0.4, -0.2) is 36.6 Å². The Morgan fingerprint density at radius 3 is 3.07 bits per heavy atom. The SMILES string of the molecule is COCCNCCC=Cc1ccnn1C. The van der Waals surface area contributed by atoms with E-state index in [2.05, 4.69) is 22.6 Å². The topological polar surface area (TPSA) is 39.1 Å². The molecule has 0 aromatic carbocycles. The molecular weight excluding hydrogens is 190 g/mol. The highest BCUT2D eigenvalue weighted by Gasteiger charge is 1.90. The monoisotopic (exact) mass is 209 g/mol. The molecule has 1 aromatic rings. The molecule has 0 aliphatic carbocycles. The first-order chi connectivity index (χ1) is 7.34. The van der Waals surface area contributed by atoms with Gasteiger partial charge >= 0.3 is 0 Å². The maximum atomic E-state index is 4.93. The largest absolute Gasteiger partial charge is 0.383 e. The van der Waals surface area contributed by atoms with Gasteiger partial charge in [-0.2, -0.15) is 5.10 Å². The molecule has 0 unspecified atom stereocenters. The van der Waals surface area contributed by atoms with Crippen LogP contribution in [0.25, 0.3) is 6.08 Å². The van der Waals surface area contributed by atoms with Crippen molar-refractivity contribution in [3.8, 4) is 0 Å². The summed E-state index contributed by atoms with van der Waals surface area (Å²) in [6.07, 6.45) is 7.06. The van der Waals surface area contributed by atoms with Crippen molar-refractivity contribution in [1.29, 1.82) is 0 Å². The number of methoxy groups -OCH3 is 1. The summed E-state index contributed by atoms with van der Waals surface area (Å²) in [6, 6.07) is 1.99. The first-order valence-electron chi connectivity index (χ1n) is 5.19. The zero-order chi connectivity index (χ0) is 10.9. The Morgan fingerprint density at radius 2 is 2.40 bits per heavy atom. The van der Waals surface area contributed by atoms with E-state index in [4.69, 9.17) is 4.74 Å². The predicted octanol–water partition coefficient (Wildman–Crippen LogP) is 1.06. The number of hydrogen-bond donors (Lipinski definition) is 1. The predicted molar refractivity (Wildman–Crippen MR) is 61.6 cm³/mol. The number of nitrogens with zero attached hydrogens (tertiary/aromatic N) is 2. The van der Waals surface area contributed by atoms with Crippen LogP contribution in [0.3, 0.4) is 0 Å². The molecule has 1 N–H and O–H groups in total. The Bertz CT molecular complexity index is 294. The molecule has 1 heterocycles. The van der Waals surface area contributed by atoms with Crippen LogP contribution in [0.4, 0.5) is 0 Å². The lowest BCUT2D eigenvalue weighted by Gasteiger charge is -2.00. The summed E-state index contributed by atoms with van der Waals surface area (Å²) in [5.74, 6) is 0. The maximum absolute atomic E-state index is 4.93. The van der Waals surface area contributed by atoms with Gasteiger partial charge in [-0.1, -0.05) is 6.08 Å². The molecule has 0 spiro atoms. The molecule has 0 saturated heterocycles. The molecule has 84 valence electrons. The van der Waals surface area contributed by atoms with Crippen LogP contribution in [0, 0.1) is 0 Å². The van der Waals surface area contributed by atoms with Gasteiger partial charge in [0.15, 0.2) is 0 Å². The Balaban J connectivity index is 2.10. The molecule has 0 aliphatic heterocycles. The molecule has 4 nitrogen and oxygen atoms in total. The fraction of sp³-hybridized carbons (Fsp3) is 0.545. The van der Waals surface area contributed by atoms with Crippen LogP contribution in [-0.2, 0) is 11.8 Å². The van der Waals surface area contributed by atoms with Crippen LogP contribution in [0.1, 0.15) is 12.1 Å². The van der Waals surface area contributed by atoms with E-state index in [0.717, 1.165) is 31.8 Å². The molecule has 0 saturated carbocycles. The fourth-order valence-electron chi connectivity index (χ4n) is 1.24. The molecular formula is C11H19N3O. The summed E-state index contributed by atoms with van der Waals surface area (Å²) >= 11 is 0. The molecule has 1 aromatic heterocycles. The average Bonchev–Trinajstić information content (AvgIpc) is 2.63. The maximum Gasteiger partial charge on any atom is 0.0603 e. The van der Waals surface area contributed by atoms with Crippen molar-refractivity contribution in [2.45, 2.75) is 6.42 Å². The van der Waals surface area contributed by atoms with E-state index >= 15 is 0 Å². The van der Waals surface area contributed by atoms with Gasteiger partial charge in [-0.3, -0.25) is 4.68 Å². The lowest BCUT2D eigenvalue weighted by atomic mass is 10.3. The number of hydrogen-bond acceptors (Lipinski definition) is 3. The van der Waals surface area contributed by atoms with E-state index in [9.17, 15) is 0 Å². The van der Waals surface area contributed by atoms with Crippen LogP contribution >= 0.6 is 0 Å². The van der Waals surface area contributed by atoms with E-state index in [-0.39, 0.29) is 0 Å². The summed E-state index contributed by atoms with van der Waals surface area (Å²) < 4.78 is 6.79. The number of aromatic nitrogens is 2. The lowest BCUT2D eigenvalue weighted by molar-refractivity contribution is 0.199. The molecule has 4 heteroatoms. The van der Waals surface area contributed by atoms with Gasteiger partial charge in [0, 0.05) is 26.9 Å². The number of rotatable bonds is 7. The van der Waals surface area contributed by atoms with E-state index in [1.807, 2.05) is 17.8 Å². The van der Waals surface area contributed by atoms with E-state index in [1.165, 1.54) is 0 Å². The second-order valence-corrected chi connectivity index (χ2v) is 3.31. The van der Waals surface area contributed by atoms with E-state index in [1.54, 1.807) is 13.3 Å². The third-order valence-corrected chi connectivity index (χ3v) is 2.12. The molecule has 0 atom stereocenters. The Labute approximate surface area is 90.9 Å². The highest BCUT2D eigenvalue weighted by Crippen LogP contribution is 1.99. The van der Waals surface area contributed by atoms with Gasteiger partial charge in [0.25, 0.3) is 0 Å². The van der Waals surface area contributed by atoms with Crippen molar-refractivity contribution in [3.05, 3.63) is 24.0 Å². The van der Waals surface area contributed by atoms with Crippen LogP contribution in [0.5, 0.6) is 0 Å². The van der Waals surface area contributed by atoms with Gasteiger partial charge in [0.2, 0.25) is 0 Å². The summed E-state index contributed by atoms with van der Waals surface area (Å²) in [6.45, 7) is 2.67. The minimum atomic E-state index is 0.769.